The Labute approximate surface area is 164 Å². The second-order valence-electron chi connectivity index (χ2n) is 7.10. The summed E-state index contributed by atoms with van der Waals surface area (Å²) in [4.78, 5) is 29.7. The largest absolute Gasteiger partial charge is 0.335 e. The van der Waals surface area contributed by atoms with Gasteiger partial charge in [-0.2, -0.15) is 0 Å². The average molecular weight is 387 g/mol. The molecule has 0 aliphatic carbocycles. The number of nitrogens with zero attached hydrogens (tertiary/aromatic N) is 2. The van der Waals surface area contributed by atoms with Crippen LogP contribution in [0, 0.1) is 5.92 Å². The third kappa shape index (κ3) is 5.55. The van der Waals surface area contributed by atoms with Gasteiger partial charge in [-0.3, -0.25) is 15.0 Å². The van der Waals surface area contributed by atoms with Crippen molar-refractivity contribution >= 4 is 34.0 Å². The van der Waals surface area contributed by atoms with Gasteiger partial charge in [-0.25, -0.2) is 4.79 Å². The van der Waals surface area contributed by atoms with Gasteiger partial charge < -0.3 is 10.2 Å². The summed E-state index contributed by atoms with van der Waals surface area (Å²) in [5, 5.41) is 6.21. The average Bonchev–Trinajstić information content (AvgIpc) is 3.10. The number of carbonyl (C=O) groups excluding carboxylic acids is 2. The van der Waals surface area contributed by atoms with Gasteiger partial charge in [-0.05, 0) is 30.2 Å². The van der Waals surface area contributed by atoms with E-state index in [1.54, 1.807) is 12.1 Å². The summed E-state index contributed by atoms with van der Waals surface area (Å²) >= 11 is 1.31. The fraction of sp³-hybridized carbons (Fsp3) is 0.400. The van der Waals surface area contributed by atoms with E-state index in [0.717, 1.165) is 38.4 Å². The molecular formula is C20H26N4O2S. The van der Waals surface area contributed by atoms with Crippen LogP contribution < -0.4 is 10.6 Å². The van der Waals surface area contributed by atoms with Crippen LogP contribution in [-0.2, 0) is 0 Å². The van der Waals surface area contributed by atoms with Gasteiger partial charge in [0.15, 0.2) is 0 Å². The Morgan fingerprint density at radius 2 is 1.70 bits per heavy atom. The van der Waals surface area contributed by atoms with Gasteiger partial charge in [0.2, 0.25) is 0 Å². The van der Waals surface area contributed by atoms with E-state index in [9.17, 15) is 9.59 Å². The maximum atomic E-state index is 12.7. The molecular weight excluding hydrogens is 360 g/mol. The van der Waals surface area contributed by atoms with Crippen LogP contribution in [0.15, 0.2) is 42.5 Å². The Kier molecular flexibility index (Phi) is 6.47. The Bertz CT molecular complexity index is 767. The molecule has 144 valence electrons. The lowest BCUT2D eigenvalue weighted by Crippen LogP contribution is -2.49. The van der Waals surface area contributed by atoms with E-state index in [2.05, 4.69) is 29.4 Å². The number of nitrogens with one attached hydrogen (secondary N) is 2. The lowest BCUT2D eigenvalue weighted by Gasteiger charge is -2.35. The lowest BCUT2D eigenvalue weighted by molar-refractivity contribution is 0.0628. The van der Waals surface area contributed by atoms with E-state index in [4.69, 9.17) is 0 Å². The summed E-state index contributed by atoms with van der Waals surface area (Å²) in [5.74, 6) is 0.681. The highest BCUT2D eigenvalue weighted by atomic mass is 32.1. The zero-order valence-electron chi connectivity index (χ0n) is 15.8. The number of benzene rings is 1. The normalized spacial score (nSPS) is 15.0. The molecule has 0 bridgehead atoms. The van der Waals surface area contributed by atoms with Crippen molar-refractivity contribution in [2.45, 2.75) is 13.8 Å². The summed E-state index contributed by atoms with van der Waals surface area (Å²) in [6.07, 6.45) is 0. The van der Waals surface area contributed by atoms with Crippen LogP contribution in [-0.4, -0.2) is 54.5 Å². The molecule has 1 aliphatic rings. The van der Waals surface area contributed by atoms with E-state index in [-0.39, 0.29) is 11.9 Å². The molecule has 2 N–H and O–H groups in total. The highest BCUT2D eigenvalue weighted by Crippen LogP contribution is 2.24. The number of hydrogen-bond donors (Lipinski definition) is 2. The topological polar surface area (TPSA) is 64.7 Å². The van der Waals surface area contributed by atoms with Crippen molar-refractivity contribution in [3.05, 3.63) is 47.3 Å². The van der Waals surface area contributed by atoms with Gasteiger partial charge in [-0.1, -0.05) is 32.0 Å². The summed E-state index contributed by atoms with van der Waals surface area (Å²) in [7, 11) is 0. The van der Waals surface area contributed by atoms with Crippen LogP contribution in [0.5, 0.6) is 0 Å². The molecule has 1 aromatic heterocycles. The first-order valence-electron chi connectivity index (χ1n) is 9.26. The summed E-state index contributed by atoms with van der Waals surface area (Å²) in [6, 6.07) is 12.5. The van der Waals surface area contributed by atoms with E-state index < -0.39 is 0 Å². The van der Waals surface area contributed by atoms with Crippen LogP contribution in [0.3, 0.4) is 0 Å². The van der Waals surface area contributed by atoms with Gasteiger partial charge in [-0.15, -0.1) is 11.3 Å². The number of para-hydroxylation sites is 1. The minimum absolute atomic E-state index is 0.0423. The maximum Gasteiger partial charge on any atom is 0.324 e. The molecule has 2 aromatic rings. The molecule has 7 heteroatoms. The Morgan fingerprint density at radius 3 is 2.37 bits per heavy atom. The first kappa shape index (κ1) is 19.4. The molecule has 1 saturated heterocycles. The van der Waals surface area contributed by atoms with E-state index in [0.29, 0.717) is 15.8 Å². The van der Waals surface area contributed by atoms with Crippen molar-refractivity contribution in [3.8, 4) is 0 Å². The van der Waals surface area contributed by atoms with E-state index >= 15 is 0 Å². The first-order valence-corrected chi connectivity index (χ1v) is 10.1. The van der Waals surface area contributed by atoms with Gasteiger partial charge in [0.25, 0.3) is 5.91 Å². The standard InChI is InChI=1S/C20H26N4O2S/c1-15(2)14-23-10-12-24(13-11-23)19(25)17-8-9-18(27-17)22-20(26)21-16-6-4-3-5-7-16/h3-9,15H,10-14H2,1-2H3,(H2,21,22,26). The van der Waals surface area contributed by atoms with E-state index in [1.165, 1.54) is 11.3 Å². The maximum absolute atomic E-state index is 12.7. The molecule has 2 heterocycles. The molecule has 0 unspecified atom stereocenters. The lowest BCUT2D eigenvalue weighted by atomic mass is 10.2. The highest BCUT2D eigenvalue weighted by Gasteiger charge is 2.23. The van der Waals surface area contributed by atoms with Crippen molar-refractivity contribution in [1.29, 1.82) is 0 Å². The van der Waals surface area contributed by atoms with Crippen molar-refractivity contribution in [3.63, 3.8) is 0 Å². The molecule has 3 rings (SSSR count). The van der Waals surface area contributed by atoms with Crippen molar-refractivity contribution in [2.24, 2.45) is 5.92 Å². The molecule has 0 saturated carbocycles. The second kappa shape index (κ2) is 9.01. The number of urea groups is 1. The summed E-state index contributed by atoms with van der Waals surface area (Å²) in [5.41, 5.74) is 0.724. The number of thiophene rings is 1. The summed E-state index contributed by atoms with van der Waals surface area (Å²) in [6.45, 7) is 8.84. The summed E-state index contributed by atoms with van der Waals surface area (Å²) < 4.78 is 0. The Hall–Kier alpha value is -2.38. The Morgan fingerprint density at radius 1 is 1.00 bits per heavy atom. The third-order valence-electron chi connectivity index (χ3n) is 4.37. The predicted molar refractivity (Wildman–Crippen MR) is 111 cm³/mol. The molecule has 0 atom stereocenters. The molecule has 1 aliphatic heterocycles. The molecule has 3 amide bonds. The third-order valence-corrected chi connectivity index (χ3v) is 5.36. The SMILES string of the molecule is CC(C)CN1CCN(C(=O)c2ccc(NC(=O)Nc3ccccc3)s2)CC1. The minimum Gasteiger partial charge on any atom is -0.335 e. The molecule has 1 fully saturated rings. The van der Waals surface area contributed by atoms with Gasteiger partial charge in [0, 0.05) is 38.4 Å². The van der Waals surface area contributed by atoms with Crippen molar-refractivity contribution in [1.82, 2.24) is 9.80 Å². The fourth-order valence-corrected chi connectivity index (χ4v) is 3.99. The number of carbonyl (C=O) groups is 2. The molecule has 27 heavy (non-hydrogen) atoms. The first-order chi connectivity index (χ1) is 13.0. The zero-order chi connectivity index (χ0) is 19.2. The number of hydrogen-bond acceptors (Lipinski definition) is 4. The van der Waals surface area contributed by atoms with Gasteiger partial charge in [0.1, 0.15) is 0 Å². The Balaban J connectivity index is 1.51. The minimum atomic E-state index is -0.315. The van der Waals surface area contributed by atoms with Crippen LogP contribution in [0.1, 0.15) is 23.5 Å². The van der Waals surface area contributed by atoms with Crippen LogP contribution in [0.25, 0.3) is 0 Å². The van der Waals surface area contributed by atoms with Gasteiger partial charge >= 0.3 is 6.03 Å². The number of rotatable bonds is 5. The smallest absolute Gasteiger partial charge is 0.324 e. The van der Waals surface area contributed by atoms with Gasteiger partial charge in [0.05, 0.1) is 9.88 Å². The zero-order valence-corrected chi connectivity index (χ0v) is 16.6. The molecule has 0 spiro atoms. The number of amides is 3. The monoisotopic (exact) mass is 386 g/mol. The molecule has 6 nitrogen and oxygen atoms in total. The quantitative estimate of drug-likeness (QED) is 0.821. The van der Waals surface area contributed by atoms with E-state index in [1.807, 2.05) is 35.2 Å². The van der Waals surface area contributed by atoms with Crippen molar-refractivity contribution < 1.29 is 9.59 Å². The second-order valence-corrected chi connectivity index (χ2v) is 8.18. The molecule has 1 aromatic carbocycles. The number of piperazine rings is 1. The fourth-order valence-electron chi connectivity index (χ4n) is 3.12. The highest BCUT2D eigenvalue weighted by molar-refractivity contribution is 7.18. The number of anilines is 2. The van der Waals surface area contributed by atoms with Crippen molar-refractivity contribution in [2.75, 3.05) is 43.4 Å². The van der Waals surface area contributed by atoms with Crippen LogP contribution >= 0.6 is 11.3 Å². The van der Waals surface area contributed by atoms with Crippen LogP contribution in [0.4, 0.5) is 15.5 Å². The molecule has 0 radical (unpaired) electrons. The predicted octanol–water partition coefficient (Wildman–Crippen LogP) is 3.81. The van der Waals surface area contributed by atoms with Crippen LogP contribution in [0.2, 0.25) is 0 Å².